The van der Waals surface area contributed by atoms with Crippen molar-refractivity contribution >= 4 is 28.6 Å². The minimum Gasteiger partial charge on any atom is -0.460 e. The van der Waals surface area contributed by atoms with Crippen molar-refractivity contribution in [1.29, 1.82) is 0 Å². The molecule has 0 amide bonds. The van der Waals surface area contributed by atoms with Gasteiger partial charge in [0.15, 0.2) is 0 Å². The van der Waals surface area contributed by atoms with Crippen LogP contribution in [0.4, 0.5) is 0 Å². The van der Waals surface area contributed by atoms with E-state index in [1.165, 1.54) is 0 Å². The Hall–Kier alpha value is -0.560. The van der Waals surface area contributed by atoms with Gasteiger partial charge in [0.2, 0.25) is 5.76 Å². The number of rotatable bonds is 6. The Labute approximate surface area is 129 Å². The molecule has 0 spiro atoms. The Bertz CT molecular complexity index is 361. The molecule has 0 radical (unpaired) electrons. The maximum absolute atomic E-state index is 11.5. The lowest BCUT2D eigenvalue weighted by Gasteiger charge is -2.24. The first-order valence-electron chi connectivity index (χ1n) is 6.52. The molecular weight excluding hydrogens is 357 g/mol. The van der Waals surface area contributed by atoms with Crippen LogP contribution in [-0.4, -0.2) is 35.5 Å². The standard InChI is InChI=1S/C13H21NO3.CH3I/c1-5-14(6-2)10(4)11-8-9-12(17-11)13(15)16-7-3;1-2/h8-10H,5-7H2,1-4H3;1H3. The van der Waals surface area contributed by atoms with E-state index < -0.39 is 5.97 Å². The number of hydrogen-bond donors (Lipinski definition) is 0. The summed E-state index contributed by atoms with van der Waals surface area (Å²) in [7, 11) is 0. The molecule has 1 heterocycles. The predicted octanol–water partition coefficient (Wildman–Crippen LogP) is 3.91. The van der Waals surface area contributed by atoms with Crippen LogP contribution >= 0.6 is 22.6 Å². The van der Waals surface area contributed by atoms with Crippen LogP contribution in [-0.2, 0) is 4.74 Å². The van der Waals surface area contributed by atoms with Gasteiger partial charge in [-0.3, -0.25) is 4.90 Å². The molecule has 0 saturated heterocycles. The molecule has 1 atom stereocenters. The molecule has 0 aliphatic rings. The molecule has 0 fully saturated rings. The Balaban J connectivity index is 0.00000154. The van der Waals surface area contributed by atoms with E-state index in [1.807, 2.05) is 11.0 Å². The van der Waals surface area contributed by atoms with Crippen molar-refractivity contribution in [3.63, 3.8) is 0 Å². The summed E-state index contributed by atoms with van der Waals surface area (Å²) in [6.45, 7) is 10.3. The van der Waals surface area contributed by atoms with E-state index in [0.29, 0.717) is 6.61 Å². The van der Waals surface area contributed by atoms with Gasteiger partial charge in [-0.1, -0.05) is 36.4 Å². The van der Waals surface area contributed by atoms with Crippen molar-refractivity contribution in [2.45, 2.75) is 33.7 Å². The van der Waals surface area contributed by atoms with Crippen molar-refractivity contribution in [2.75, 3.05) is 24.6 Å². The summed E-state index contributed by atoms with van der Waals surface area (Å²) in [4.78, 5) is 15.7. The summed E-state index contributed by atoms with van der Waals surface area (Å²) in [6.07, 6.45) is 0. The topological polar surface area (TPSA) is 42.7 Å². The number of carbonyl (C=O) groups excluding carboxylic acids is 1. The fourth-order valence-electron chi connectivity index (χ4n) is 1.84. The Kier molecular flexibility index (Phi) is 9.95. The quantitative estimate of drug-likeness (QED) is 0.426. The number of alkyl halides is 1. The lowest BCUT2D eigenvalue weighted by atomic mass is 10.2. The minimum absolute atomic E-state index is 0.174. The molecule has 0 aliphatic carbocycles. The lowest BCUT2D eigenvalue weighted by Crippen LogP contribution is -2.26. The largest absolute Gasteiger partial charge is 0.460 e. The SMILES string of the molecule is CCOC(=O)c1ccc(C(C)N(CC)CC)o1.CI. The second-order valence-electron chi connectivity index (χ2n) is 3.82. The number of hydrogen-bond acceptors (Lipinski definition) is 4. The first-order valence-corrected chi connectivity index (χ1v) is 8.68. The van der Waals surface area contributed by atoms with Gasteiger partial charge in [0.25, 0.3) is 0 Å². The molecule has 1 aromatic rings. The number of nitrogens with zero attached hydrogens (tertiary/aromatic N) is 1. The number of ether oxygens (including phenoxy) is 1. The summed E-state index contributed by atoms with van der Waals surface area (Å²) >= 11 is 2.15. The Morgan fingerprint density at radius 2 is 1.89 bits per heavy atom. The van der Waals surface area contributed by atoms with E-state index >= 15 is 0 Å². The molecule has 19 heavy (non-hydrogen) atoms. The van der Waals surface area contributed by atoms with E-state index in [4.69, 9.17) is 9.15 Å². The smallest absolute Gasteiger partial charge is 0.374 e. The van der Waals surface area contributed by atoms with Gasteiger partial charge >= 0.3 is 5.97 Å². The predicted molar refractivity (Wildman–Crippen MR) is 85.9 cm³/mol. The first kappa shape index (κ1) is 18.4. The second-order valence-corrected chi connectivity index (χ2v) is 3.82. The fourth-order valence-corrected chi connectivity index (χ4v) is 1.84. The zero-order valence-electron chi connectivity index (χ0n) is 12.4. The van der Waals surface area contributed by atoms with Crippen LogP contribution in [0.2, 0.25) is 0 Å². The molecule has 110 valence electrons. The van der Waals surface area contributed by atoms with Crippen LogP contribution in [0.15, 0.2) is 16.5 Å². The van der Waals surface area contributed by atoms with Gasteiger partial charge in [-0.05, 0) is 44.0 Å². The zero-order valence-corrected chi connectivity index (χ0v) is 14.6. The third-order valence-electron chi connectivity index (χ3n) is 2.88. The third kappa shape index (κ3) is 5.52. The van der Waals surface area contributed by atoms with E-state index in [0.717, 1.165) is 18.8 Å². The maximum atomic E-state index is 11.5. The molecule has 5 heteroatoms. The molecule has 0 saturated carbocycles. The van der Waals surface area contributed by atoms with Crippen molar-refractivity contribution in [2.24, 2.45) is 0 Å². The van der Waals surface area contributed by atoms with Crippen molar-refractivity contribution in [3.05, 3.63) is 23.7 Å². The lowest BCUT2D eigenvalue weighted by molar-refractivity contribution is 0.0484. The normalized spacial score (nSPS) is 11.7. The average Bonchev–Trinajstić information content (AvgIpc) is 2.92. The number of carbonyl (C=O) groups is 1. The van der Waals surface area contributed by atoms with Gasteiger partial charge in [-0.25, -0.2) is 4.79 Å². The van der Waals surface area contributed by atoms with Gasteiger partial charge < -0.3 is 9.15 Å². The molecule has 1 unspecified atom stereocenters. The highest BCUT2D eigenvalue weighted by molar-refractivity contribution is 14.1. The van der Waals surface area contributed by atoms with E-state index in [2.05, 4.69) is 48.3 Å². The molecule has 0 N–H and O–H groups in total. The maximum Gasteiger partial charge on any atom is 0.374 e. The molecule has 0 aromatic carbocycles. The Morgan fingerprint density at radius 3 is 2.37 bits per heavy atom. The van der Waals surface area contributed by atoms with Crippen LogP contribution < -0.4 is 0 Å². The summed E-state index contributed by atoms with van der Waals surface area (Å²) in [5, 5.41) is 0. The van der Waals surface area contributed by atoms with Crippen LogP contribution in [0, 0.1) is 0 Å². The van der Waals surface area contributed by atoms with E-state index in [9.17, 15) is 4.79 Å². The summed E-state index contributed by atoms with van der Waals surface area (Å²) in [5.74, 6) is 0.683. The minimum atomic E-state index is -0.398. The van der Waals surface area contributed by atoms with Gasteiger partial charge in [-0.15, -0.1) is 0 Å². The van der Waals surface area contributed by atoms with Crippen molar-refractivity contribution < 1.29 is 13.9 Å². The number of esters is 1. The fraction of sp³-hybridized carbons (Fsp3) is 0.643. The van der Waals surface area contributed by atoms with Crippen LogP contribution in [0.1, 0.15) is 50.1 Å². The highest BCUT2D eigenvalue weighted by Gasteiger charge is 2.19. The molecule has 4 nitrogen and oxygen atoms in total. The average molecular weight is 381 g/mol. The number of halogens is 1. The summed E-state index contributed by atoms with van der Waals surface area (Å²) in [5.41, 5.74) is 0. The van der Waals surface area contributed by atoms with Crippen molar-refractivity contribution in [1.82, 2.24) is 4.90 Å². The van der Waals surface area contributed by atoms with Crippen LogP contribution in [0.5, 0.6) is 0 Å². The van der Waals surface area contributed by atoms with Gasteiger partial charge in [0.1, 0.15) is 5.76 Å². The van der Waals surface area contributed by atoms with E-state index in [-0.39, 0.29) is 11.8 Å². The highest BCUT2D eigenvalue weighted by Crippen LogP contribution is 2.22. The summed E-state index contributed by atoms with van der Waals surface area (Å²) < 4.78 is 10.4. The summed E-state index contributed by atoms with van der Waals surface area (Å²) in [6, 6.07) is 3.69. The molecule has 0 bridgehead atoms. The molecule has 0 aliphatic heterocycles. The van der Waals surface area contributed by atoms with Gasteiger partial charge in [0, 0.05) is 0 Å². The molecular formula is C14H24INO3. The van der Waals surface area contributed by atoms with Crippen LogP contribution in [0.3, 0.4) is 0 Å². The number of furan rings is 1. The molecule has 1 aromatic heterocycles. The van der Waals surface area contributed by atoms with Crippen molar-refractivity contribution in [3.8, 4) is 0 Å². The Morgan fingerprint density at radius 1 is 1.32 bits per heavy atom. The second kappa shape index (κ2) is 10.3. The van der Waals surface area contributed by atoms with Gasteiger partial charge in [0.05, 0.1) is 12.6 Å². The molecule has 1 rings (SSSR count). The first-order chi connectivity index (χ1) is 9.13. The van der Waals surface area contributed by atoms with E-state index in [1.54, 1.807) is 13.0 Å². The van der Waals surface area contributed by atoms with Gasteiger partial charge in [-0.2, -0.15) is 0 Å². The monoisotopic (exact) mass is 381 g/mol. The highest BCUT2D eigenvalue weighted by atomic mass is 127. The van der Waals surface area contributed by atoms with Crippen LogP contribution in [0.25, 0.3) is 0 Å². The zero-order chi connectivity index (χ0) is 14.8. The third-order valence-corrected chi connectivity index (χ3v) is 2.88.